The number of amides is 4. The molecule has 0 bridgehead atoms. The Hall–Kier alpha value is -5.76. The zero-order valence-corrected chi connectivity index (χ0v) is 27.5. The molecule has 0 N–H and O–H groups in total. The number of ether oxygens (including phenoxy) is 2. The van der Waals surface area contributed by atoms with Crippen molar-refractivity contribution in [1.29, 1.82) is 0 Å². The van der Waals surface area contributed by atoms with Crippen LogP contribution in [0.15, 0.2) is 110 Å². The first-order chi connectivity index (χ1) is 22.4. The van der Waals surface area contributed by atoms with Crippen LogP contribution in [0.4, 0.5) is 0 Å². The molecule has 8 heteroatoms. The third-order valence-electron chi connectivity index (χ3n) is 7.75. The van der Waals surface area contributed by atoms with E-state index in [0.29, 0.717) is 45.3 Å². The SMILES string of the molecule is C=CC.C=CC.CN1C(=O)c2ccc(Oc3ccc(C(C)(C)c4ccc(Oc5ccc6c(c5)C(=O)N(C)C6=O)cc4)cc3)cc2C1=O. The van der Waals surface area contributed by atoms with E-state index in [1.165, 1.54) is 14.1 Å². The number of fused-ring (bicyclic) bond motifs is 2. The highest BCUT2D eigenvalue weighted by atomic mass is 16.5. The smallest absolute Gasteiger partial charge is 0.261 e. The Morgan fingerprint density at radius 2 is 0.787 bits per heavy atom. The minimum atomic E-state index is -0.337. The average molecular weight is 631 g/mol. The Labute approximate surface area is 275 Å². The highest BCUT2D eigenvalue weighted by molar-refractivity contribution is 6.22. The van der Waals surface area contributed by atoms with Crippen LogP contribution in [-0.2, 0) is 5.41 Å². The number of rotatable bonds is 6. The predicted octanol–water partition coefficient (Wildman–Crippen LogP) is 8.43. The summed E-state index contributed by atoms with van der Waals surface area (Å²) in [6, 6.07) is 25.3. The van der Waals surface area contributed by atoms with Gasteiger partial charge in [0, 0.05) is 19.5 Å². The lowest BCUT2D eigenvalue weighted by Gasteiger charge is -2.26. The van der Waals surface area contributed by atoms with Gasteiger partial charge >= 0.3 is 0 Å². The van der Waals surface area contributed by atoms with Crippen molar-refractivity contribution in [1.82, 2.24) is 9.80 Å². The lowest BCUT2D eigenvalue weighted by atomic mass is 9.78. The summed E-state index contributed by atoms with van der Waals surface area (Å²) in [5.41, 5.74) is 3.25. The van der Waals surface area contributed by atoms with Crippen LogP contribution in [0.2, 0.25) is 0 Å². The maximum absolute atomic E-state index is 12.3. The number of benzene rings is 4. The highest BCUT2D eigenvalue weighted by Gasteiger charge is 2.34. The van der Waals surface area contributed by atoms with Crippen molar-refractivity contribution in [2.45, 2.75) is 33.1 Å². The van der Waals surface area contributed by atoms with Gasteiger partial charge in [0.15, 0.2) is 0 Å². The van der Waals surface area contributed by atoms with Gasteiger partial charge in [-0.05, 0) is 85.6 Å². The third kappa shape index (κ3) is 6.92. The van der Waals surface area contributed by atoms with Gasteiger partial charge in [0.25, 0.3) is 23.6 Å². The summed E-state index contributed by atoms with van der Waals surface area (Å²) in [5.74, 6) is 0.883. The number of carbonyl (C=O) groups excluding carboxylic acids is 4. The van der Waals surface area contributed by atoms with Gasteiger partial charge in [-0.25, -0.2) is 0 Å². The van der Waals surface area contributed by atoms with Gasteiger partial charge in [0.2, 0.25) is 0 Å². The van der Waals surface area contributed by atoms with Crippen LogP contribution in [-0.4, -0.2) is 47.5 Å². The van der Waals surface area contributed by atoms with Crippen LogP contribution < -0.4 is 9.47 Å². The average Bonchev–Trinajstić information content (AvgIpc) is 3.40. The van der Waals surface area contributed by atoms with E-state index >= 15 is 0 Å². The van der Waals surface area contributed by atoms with E-state index in [4.69, 9.17) is 9.47 Å². The summed E-state index contributed by atoms with van der Waals surface area (Å²) in [6.07, 6.45) is 3.50. The van der Waals surface area contributed by atoms with Crippen LogP contribution in [0, 0.1) is 0 Å². The molecule has 4 amide bonds. The monoisotopic (exact) mass is 630 g/mol. The van der Waals surface area contributed by atoms with Gasteiger partial charge in [0.1, 0.15) is 23.0 Å². The second-order valence-corrected chi connectivity index (χ2v) is 11.4. The van der Waals surface area contributed by atoms with Gasteiger partial charge in [-0.15, -0.1) is 13.2 Å². The minimum Gasteiger partial charge on any atom is -0.457 e. The predicted molar refractivity (Wildman–Crippen MR) is 183 cm³/mol. The standard InChI is InChI=1S/C33H26N2O6.2C3H6/c1-33(2,19-5-9-21(10-6-19)40-23-13-15-25-27(17-23)31(38)34(3)29(25)36)20-7-11-22(12-8-20)41-24-14-16-26-28(18-24)32(39)35(4)30(26)37;2*1-3-2/h5-18H,1-4H3;2*3H,1H2,2H3. The van der Waals surface area contributed by atoms with Crippen LogP contribution in [0.1, 0.15) is 80.3 Å². The normalized spacial score (nSPS) is 13.1. The number of carbonyl (C=O) groups is 4. The van der Waals surface area contributed by atoms with Crippen molar-refractivity contribution in [2.24, 2.45) is 0 Å². The van der Waals surface area contributed by atoms with E-state index in [9.17, 15) is 19.2 Å². The van der Waals surface area contributed by atoms with E-state index in [2.05, 4.69) is 27.0 Å². The molecule has 0 saturated heterocycles. The highest BCUT2D eigenvalue weighted by Crippen LogP contribution is 2.36. The molecular weight excluding hydrogens is 592 g/mol. The Kier molecular flexibility index (Phi) is 10.3. The lowest BCUT2D eigenvalue weighted by molar-refractivity contribution is 0.0677. The van der Waals surface area contributed by atoms with Crippen molar-refractivity contribution in [2.75, 3.05) is 14.1 Å². The maximum atomic E-state index is 12.3. The molecule has 0 atom stereocenters. The summed E-state index contributed by atoms with van der Waals surface area (Å²) >= 11 is 0. The molecule has 4 aromatic rings. The van der Waals surface area contributed by atoms with Crippen molar-refractivity contribution < 1.29 is 28.7 Å². The second kappa shape index (κ2) is 14.1. The van der Waals surface area contributed by atoms with Gasteiger partial charge in [0.05, 0.1) is 22.3 Å². The molecular formula is C39H38N2O6. The lowest BCUT2D eigenvalue weighted by Crippen LogP contribution is -2.24. The summed E-state index contributed by atoms with van der Waals surface area (Å²) in [5, 5.41) is 0. The van der Waals surface area contributed by atoms with E-state index in [-0.39, 0.29) is 29.0 Å². The molecule has 47 heavy (non-hydrogen) atoms. The first kappa shape index (κ1) is 34.1. The molecule has 0 spiro atoms. The molecule has 240 valence electrons. The van der Waals surface area contributed by atoms with Crippen LogP contribution in [0.5, 0.6) is 23.0 Å². The molecule has 0 aliphatic carbocycles. The Bertz CT molecular complexity index is 1720. The molecule has 6 rings (SSSR count). The molecule has 0 unspecified atom stereocenters. The van der Waals surface area contributed by atoms with E-state index in [1.54, 1.807) is 48.6 Å². The van der Waals surface area contributed by atoms with Crippen molar-refractivity contribution in [3.8, 4) is 23.0 Å². The fourth-order valence-electron chi connectivity index (χ4n) is 5.13. The summed E-state index contributed by atoms with van der Waals surface area (Å²) in [6.45, 7) is 14.7. The topological polar surface area (TPSA) is 93.2 Å². The van der Waals surface area contributed by atoms with E-state index in [0.717, 1.165) is 20.9 Å². The van der Waals surface area contributed by atoms with Crippen LogP contribution in [0.25, 0.3) is 0 Å². The Morgan fingerprint density at radius 3 is 1.11 bits per heavy atom. The van der Waals surface area contributed by atoms with Crippen molar-refractivity contribution >= 4 is 23.6 Å². The molecule has 2 aliphatic heterocycles. The molecule has 0 fully saturated rings. The zero-order valence-electron chi connectivity index (χ0n) is 27.5. The van der Waals surface area contributed by atoms with Crippen LogP contribution in [0.3, 0.4) is 0 Å². The number of imide groups is 2. The third-order valence-corrected chi connectivity index (χ3v) is 7.75. The fraction of sp³-hybridized carbons (Fsp3) is 0.179. The number of hydrogen-bond donors (Lipinski definition) is 0. The molecule has 4 aromatic carbocycles. The number of nitrogens with zero attached hydrogens (tertiary/aromatic N) is 2. The van der Waals surface area contributed by atoms with Gasteiger partial charge in [-0.1, -0.05) is 50.3 Å². The first-order valence-corrected chi connectivity index (χ1v) is 15.0. The quantitative estimate of drug-likeness (QED) is 0.157. The second-order valence-electron chi connectivity index (χ2n) is 11.4. The Balaban J connectivity index is 0.000000776. The molecule has 2 heterocycles. The zero-order chi connectivity index (χ0) is 34.5. The molecule has 0 radical (unpaired) electrons. The maximum Gasteiger partial charge on any atom is 0.261 e. The van der Waals surface area contributed by atoms with E-state index in [1.807, 2.05) is 62.4 Å². The summed E-state index contributed by atoms with van der Waals surface area (Å²) in [4.78, 5) is 51.1. The van der Waals surface area contributed by atoms with E-state index < -0.39 is 0 Å². The van der Waals surface area contributed by atoms with Crippen molar-refractivity contribution in [3.63, 3.8) is 0 Å². The Morgan fingerprint density at radius 1 is 0.511 bits per heavy atom. The van der Waals surface area contributed by atoms with Gasteiger partial charge in [-0.3, -0.25) is 29.0 Å². The van der Waals surface area contributed by atoms with Gasteiger partial charge < -0.3 is 9.47 Å². The number of hydrogen-bond acceptors (Lipinski definition) is 6. The van der Waals surface area contributed by atoms with Gasteiger partial charge in [-0.2, -0.15) is 0 Å². The van der Waals surface area contributed by atoms with Crippen LogP contribution >= 0.6 is 0 Å². The minimum absolute atomic E-state index is 0.312. The summed E-state index contributed by atoms with van der Waals surface area (Å²) < 4.78 is 11.9. The molecule has 0 aromatic heterocycles. The molecule has 8 nitrogen and oxygen atoms in total. The molecule has 2 aliphatic rings. The first-order valence-electron chi connectivity index (χ1n) is 15.0. The largest absolute Gasteiger partial charge is 0.457 e. The fourth-order valence-corrected chi connectivity index (χ4v) is 5.13. The van der Waals surface area contributed by atoms with Crippen molar-refractivity contribution in [3.05, 3.63) is 144 Å². The number of allylic oxidation sites excluding steroid dienone is 2. The summed E-state index contributed by atoms with van der Waals surface area (Å²) in [7, 11) is 2.93. The molecule has 0 saturated carbocycles.